The minimum absolute atomic E-state index is 0. The van der Waals surface area contributed by atoms with Crippen LogP contribution >= 0.6 is 24.2 Å². The second-order valence-electron chi connectivity index (χ2n) is 3.97. The van der Waals surface area contributed by atoms with Crippen molar-refractivity contribution in [1.29, 1.82) is 0 Å². The van der Waals surface area contributed by atoms with Crippen LogP contribution in [0.1, 0.15) is 25.7 Å². The molecule has 0 heterocycles. The van der Waals surface area contributed by atoms with E-state index in [-0.39, 0.29) is 30.7 Å². The van der Waals surface area contributed by atoms with Crippen molar-refractivity contribution in [1.82, 2.24) is 5.32 Å². The van der Waals surface area contributed by atoms with Crippen molar-refractivity contribution in [2.75, 3.05) is 12.3 Å². The summed E-state index contributed by atoms with van der Waals surface area (Å²) in [7, 11) is 0. The number of amides is 1. The van der Waals surface area contributed by atoms with Crippen molar-refractivity contribution in [3.05, 3.63) is 0 Å². The molecular formula is C9H16ClF3N2OS. The van der Waals surface area contributed by atoms with Crippen LogP contribution in [0.25, 0.3) is 0 Å². The van der Waals surface area contributed by atoms with Gasteiger partial charge in [-0.2, -0.15) is 13.2 Å². The molecule has 0 spiro atoms. The molecule has 1 amide bonds. The molecule has 1 aliphatic rings. The van der Waals surface area contributed by atoms with Crippen LogP contribution in [-0.4, -0.2) is 29.3 Å². The summed E-state index contributed by atoms with van der Waals surface area (Å²) in [6.45, 7) is 0.287. The van der Waals surface area contributed by atoms with E-state index in [9.17, 15) is 18.0 Å². The number of alkyl halides is 3. The summed E-state index contributed by atoms with van der Waals surface area (Å²) in [5.74, 6) is -1.18. The van der Waals surface area contributed by atoms with Crippen LogP contribution in [0.4, 0.5) is 13.2 Å². The van der Waals surface area contributed by atoms with Crippen LogP contribution in [0.2, 0.25) is 0 Å². The Morgan fingerprint density at radius 1 is 1.35 bits per heavy atom. The molecule has 0 radical (unpaired) electrons. The van der Waals surface area contributed by atoms with Gasteiger partial charge in [0.25, 0.3) is 0 Å². The average molecular weight is 293 g/mol. The third kappa shape index (κ3) is 5.83. The van der Waals surface area contributed by atoms with Gasteiger partial charge in [0, 0.05) is 6.54 Å². The van der Waals surface area contributed by atoms with Gasteiger partial charge in [-0.3, -0.25) is 4.79 Å². The molecule has 3 N–H and O–H groups in total. The molecule has 0 atom stereocenters. The highest BCUT2D eigenvalue weighted by Gasteiger charge is 2.35. The lowest BCUT2D eigenvalue weighted by Crippen LogP contribution is -2.52. The number of nitrogens with one attached hydrogen (secondary N) is 1. The molecule has 0 aromatic rings. The van der Waals surface area contributed by atoms with E-state index in [1.54, 1.807) is 0 Å². The average Bonchev–Trinajstić information content (AvgIpc) is 2.63. The van der Waals surface area contributed by atoms with Gasteiger partial charge in [0.2, 0.25) is 5.91 Å². The maximum absolute atomic E-state index is 11.9. The molecule has 102 valence electrons. The molecule has 8 heteroatoms. The van der Waals surface area contributed by atoms with Crippen LogP contribution < -0.4 is 11.1 Å². The number of hydrogen-bond donors (Lipinski definition) is 2. The SMILES string of the molecule is Cl.NCC1(NC(=O)CSC(F)(F)F)CCCC1. The largest absolute Gasteiger partial charge is 0.442 e. The zero-order chi connectivity index (χ0) is 12.2. The standard InChI is InChI=1S/C9H15F3N2OS.ClH/c10-9(11,12)16-5-7(15)14-8(6-13)3-1-2-4-8;/h1-6,13H2,(H,14,15);1H. The molecule has 0 aromatic heterocycles. The second kappa shape index (κ2) is 6.70. The van der Waals surface area contributed by atoms with Gasteiger partial charge in [-0.1, -0.05) is 12.8 Å². The van der Waals surface area contributed by atoms with Crippen LogP contribution in [0.5, 0.6) is 0 Å². The van der Waals surface area contributed by atoms with Crippen LogP contribution in [-0.2, 0) is 4.79 Å². The van der Waals surface area contributed by atoms with E-state index in [0.29, 0.717) is 0 Å². The van der Waals surface area contributed by atoms with Crippen LogP contribution in [0, 0.1) is 0 Å². The Bertz CT molecular complexity index is 257. The molecule has 0 unspecified atom stereocenters. The Kier molecular flexibility index (Phi) is 6.65. The normalized spacial score (nSPS) is 18.6. The third-order valence-electron chi connectivity index (χ3n) is 2.72. The maximum Gasteiger partial charge on any atom is 0.442 e. The first-order valence-corrected chi connectivity index (χ1v) is 6.07. The highest BCUT2D eigenvalue weighted by atomic mass is 35.5. The maximum atomic E-state index is 11.9. The Balaban J connectivity index is 0.00000256. The van der Waals surface area contributed by atoms with E-state index in [4.69, 9.17) is 5.73 Å². The van der Waals surface area contributed by atoms with Crippen LogP contribution in [0.15, 0.2) is 0 Å². The predicted molar refractivity (Wildman–Crippen MR) is 64.2 cm³/mol. The fraction of sp³-hybridized carbons (Fsp3) is 0.889. The molecule has 3 nitrogen and oxygen atoms in total. The number of nitrogens with two attached hydrogens (primary N) is 1. The minimum Gasteiger partial charge on any atom is -0.349 e. The van der Waals surface area contributed by atoms with Gasteiger partial charge >= 0.3 is 5.51 Å². The smallest absolute Gasteiger partial charge is 0.349 e. The van der Waals surface area contributed by atoms with Crippen molar-refractivity contribution in [2.45, 2.75) is 36.7 Å². The summed E-state index contributed by atoms with van der Waals surface area (Å²) in [5, 5.41) is 2.63. The number of carbonyl (C=O) groups excluding carboxylic acids is 1. The lowest BCUT2D eigenvalue weighted by molar-refractivity contribution is -0.120. The summed E-state index contributed by atoms with van der Waals surface area (Å²) in [6, 6.07) is 0. The second-order valence-corrected chi connectivity index (χ2v) is 5.01. The van der Waals surface area contributed by atoms with Gasteiger partial charge in [-0.05, 0) is 24.6 Å². The van der Waals surface area contributed by atoms with Gasteiger partial charge in [0.1, 0.15) is 0 Å². The zero-order valence-electron chi connectivity index (χ0n) is 9.18. The molecule has 0 aromatic carbocycles. The molecular weight excluding hydrogens is 277 g/mol. The fourth-order valence-corrected chi connectivity index (χ4v) is 2.28. The van der Waals surface area contributed by atoms with Crippen molar-refractivity contribution in [3.63, 3.8) is 0 Å². The molecule has 0 bridgehead atoms. The Hall–Kier alpha value is -0.140. The third-order valence-corrected chi connectivity index (χ3v) is 3.46. The molecule has 1 saturated carbocycles. The lowest BCUT2D eigenvalue weighted by Gasteiger charge is -2.28. The Labute approximate surface area is 108 Å². The van der Waals surface area contributed by atoms with E-state index in [0.717, 1.165) is 25.7 Å². The monoisotopic (exact) mass is 292 g/mol. The first-order valence-electron chi connectivity index (χ1n) is 5.09. The first-order chi connectivity index (χ1) is 7.37. The quantitative estimate of drug-likeness (QED) is 0.834. The highest BCUT2D eigenvalue weighted by molar-refractivity contribution is 8.00. The highest BCUT2D eigenvalue weighted by Crippen LogP contribution is 2.31. The van der Waals surface area contributed by atoms with E-state index in [1.165, 1.54) is 0 Å². The van der Waals surface area contributed by atoms with E-state index in [2.05, 4.69) is 5.32 Å². The number of hydrogen-bond acceptors (Lipinski definition) is 3. The molecule has 1 rings (SSSR count). The molecule has 0 saturated heterocycles. The lowest BCUT2D eigenvalue weighted by atomic mass is 9.98. The number of rotatable bonds is 4. The molecule has 0 aliphatic heterocycles. The van der Waals surface area contributed by atoms with Crippen molar-refractivity contribution >= 4 is 30.1 Å². The minimum atomic E-state index is -4.36. The Morgan fingerprint density at radius 3 is 2.29 bits per heavy atom. The van der Waals surface area contributed by atoms with Crippen molar-refractivity contribution in [3.8, 4) is 0 Å². The van der Waals surface area contributed by atoms with Gasteiger partial charge in [-0.15, -0.1) is 12.4 Å². The number of thioether (sulfide) groups is 1. The van der Waals surface area contributed by atoms with Gasteiger partial charge < -0.3 is 11.1 Å². The Morgan fingerprint density at radius 2 is 1.88 bits per heavy atom. The summed E-state index contributed by atoms with van der Waals surface area (Å²) in [6.07, 6.45) is 3.44. The molecule has 17 heavy (non-hydrogen) atoms. The van der Waals surface area contributed by atoms with Crippen molar-refractivity contribution in [2.24, 2.45) is 5.73 Å². The van der Waals surface area contributed by atoms with E-state index in [1.807, 2.05) is 0 Å². The van der Waals surface area contributed by atoms with Gasteiger partial charge in [-0.25, -0.2) is 0 Å². The van der Waals surface area contributed by atoms with E-state index < -0.39 is 22.7 Å². The zero-order valence-corrected chi connectivity index (χ0v) is 10.8. The van der Waals surface area contributed by atoms with Crippen molar-refractivity contribution < 1.29 is 18.0 Å². The fourth-order valence-electron chi connectivity index (χ4n) is 1.91. The van der Waals surface area contributed by atoms with E-state index >= 15 is 0 Å². The summed E-state index contributed by atoms with van der Waals surface area (Å²) in [4.78, 5) is 11.3. The molecule has 1 aliphatic carbocycles. The van der Waals surface area contributed by atoms with Gasteiger partial charge in [0.05, 0.1) is 11.3 Å². The summed E-state index contributed by atoms with van der Waals surface area (Å²) < 4.78 is 35.6. The molecule has 1 fully saturated rings. The predicted octanol–water partition coefficient (Wildman–Crippen LogP) is 2.05. The topological polar surface area (TPSA) is 55.1 Å². The number of halogens is 4. The number of carbonyl (C=O) groups is 1. The van der Waals surface area contributed by atoms with Gasteiger partial charge in [0.15, 0.2) is 0 Å². The van der Waals surface area contributed by atoms with Crippen LogP contribution in [0.3, 0.4) is 0 Å². The summed E-state index contributed by atoms with van der Waals surface area (Å²) in [5.41, 5.74) is 0.728. The summed E-state index contributed by atoms with van der Waals surface area (Å²) >= 11 is -0.319. The first kappa shape index (κ1) is 16.9.